The maximum atomic E-state index is 12.2. The van der Waals surface area contributed by atoms with E-state index >= 15 is 0 Å². The molecule has 0 saturated carbocycles. The van der Waals surface area contributed by atoms with Crippen molar-refractivity contribution in [3.63, 3.8) is 0 Å². The first-order chi connectivity index (χ1) is 11.0. The molecule has 0 aliphatic rings. The Kier molecular flexibility index (Phi) is 4.60. The van der Waals surface area contributed by atoms with Crippen molar-refractivity contribution in [2.45, 2.75) is 16.7 Å². The maximum Gasteiger partial charge on any atom is 0.339 e. The summed E-state index contributed by atoms with van der Waals surface area (Å²) in [7, 11) is -9.04. The predicted molar refractivity (Wildman–Crippen MR) is 81.9 cm³/mol. The van der Waals surface area contributed by atoms with Gasteiger partial charge in [-0.3, -0.25) is 14.7 Å². The summed E-state index contributed by atoms with van der Waals surface area (Å²) in [5.74, 6) is -0.673. The number of hydrogen-bond acceptors (Lipinski definition) is 7. The molecule has 11 heteroatoms. The van der Waals surface area contributed by atoms with Crippen LogP contribution in [0.4, 0.5) is 5.69 Å². The quantitative estimate of drug-likeness (QED) is 0.363. The van der Waals surface area contributed by atoms with Crippen LogP contribution >= 0.6 is 0 Å². The van der Waals surface area contributed by atoms with E-state index in [-0.39, 0.29) is 4.90 Å². The normalized spacial score (nSPS) is 11.9. The van der Waals surface area contributed by atoms with E-state index in [9.17, 15) is 26.9 Å². The van der Waals surface area contributed by atoms with E-state index in [0.29, 0.717) is 6.07 Å². The molecular formula is C13H11NO8S2. The van der Waals surface area contributed by atoms with Crippen LogP contribution in [-0.2, 0) is 20.2 Å². The van der Waals surface area contributed by atoms with Crippen molar-refractivity contribution in [3.05, 3.63) is 58.1 Å². The monoisotopic (exact) mass is 373 g/mol. The van der Waals surface area contributed by atoms with E-state index in [1.54, 1.807) is 6.92 Å². The number of aryl methyl sites for hydroxylation is 1. The molecule has 0 aliphatic heterocycles. The summed E-state index contributed by atoms with van der Waals surface area (Å²) in [6.45, 7) is 1.75. The first kappa shape index (κ1) is 17.8. The van der Waals surface area contributed by atoms with Crippen molar-refractivity contribution in [1.29, 1.82) is 0 Å². The second-order valence-corrected chi connectivity index (χ2v) is 7.68. The molecule has 2 rings (SSSR count). The van der Waals surface area contributed by atoms with Gasteiger partial charge in [-0.25, -0.2) is 0 Å². The summed E-state index contributed by atoms with van der Waals surface area (Å²) in [6.07, 6.45) is 0. The Hall–Kier alpha value is -2.50. The average Bonchev–Trinajstić information content (AvgIpc) is 2.46. The van der Waals surface area contributed by atoms with E-state index in [4.69, 9.17) is 8.74 Å². The molecular weight excluding hydrogens is 362 g/mol. The zero-order valence-corrected chi connectivity index (χ0v) is 13.7. The van der Waals surface area contributed by atoms with Gasteiger partial charge >= 0.3 is 15.8 Å². The van der Waals surface area contributed by atoms with Gasteiger partial charge in [-0.2, -0.15) is 16.8 Å². The lowest BCUT2D eigenvalue weighted by Crippen LogP contribution is -2.11. The highest BCUT2D eigenvalue weighted by Gasteiger charge is 2.25. The van der Waals surface area contributed by atoms with Gasteiger partial charge in [-0.1, -0.05) is 17.7 Å². The summed E-state index contributed by atoms with van der Waals surface area (Å²) in [6, 6.07) is 7.66. The van der Waals surface area contributed by atoms with Gasteiger partial charge in [0.15, 0.2) is 0 Å². The molecule has 0 radical (unpaired) electrons. The van der Waals surface area contributed by atoms with E-state index in [1.807, 2.05) is 0 Å². The Morgan fingerprint density at radius 2 is 1.54 bits per heavy atom. The second-order valence-electron chi connectivity index (χ2n) is 4.71. The fourth-order valence-electron chi connectivity index (χ4n) is 1.74. The Morgan fingerprint density at radius 1 is 1.00 bits per heavy atom. The number of nitro groups is 1. The molecule has 2 aromatic carbocycles. The van der Waals surface area contributed by atoms with E-state index in [2.05, 4.69) is 0 Å². The molecule has 0 bridgehead atoms. The van der Waals surface area contributed by atoms with Gasteiger partial charge < -0.3 is 4.18 Å². The minimum absolute atomic E-state index is 0.221. The van der Waals surface area contributed by atoms with Gasteiger partial charge in [0, 0.05) is 6.07 Å². The van der Waals surface area contributed by atoms with Crippen LogP contribution in [0.1, 0.15) is 5.56 Å². The molecule has 0 aromatic heterocycles. The van der Waals surface area contributed by atoms with Crippen molar-refractivity contribution in [1.82, 2.24) is 0 Å². The highest BCUT2D eigenvalue weighted by molar-refractivity contribution is 7.87. The van der Waals surface area contributed by atoms with Crippen LogP contribution < -0.4 is 4.18 Å². The number of nitrogens with zero attached hydrogens (tertiary/aromatic N) is 1. The highest BCUT2D eigenvalue weighted by Crippen LogP contribution is 2.32. The Bertz CT molecular complexity index is 995. The van der Waals surface area contributed by atoms with Crippen molar-refractivity contribution >= 4 is 25.9 Å². The summed E-state index contributed by atoms with van der Waals surface area (Å²) < 4.78 is 60.0. The first-order valence-corrected chi connectivity index (χ1v) is 9.12. The first-order valence-electron chi connectivity index (χ1n) is 6.28. The van der Waals surface area contributed by atoms with Gasteiger partial charge in [-0.05, 0) is 31.2 Å². The van der Waals surface area contributed by atoms with Gasteiger partial charge in [0.05, 0.1) is 4.92 Å². The second kappa shape index (κ2) is 6.19. The molecule has 0 spiro atoms. The lowest BCUT2D eigenvalue weighted by Gasteiger charge is -2.08. The van der Waals surface area contributed by atoms with E-state index < -0.39 is 41.5 Å². The zero-order chi connectivity index (χ0) is 18.1. The van der Waals surface area contributed by atoms with Crippen LogP contribution in [0.3, 0.4) is 0 Å². The fourth-order valence-corrected chi connectivity index (χ4v) is 3.19. The predicted octanol–water partition coefficient (Wildman–Crippen LogP) is 1.92. The van der Waals surface area contributed by atoms with E-state index in [1.165, 1.54) is 24.3 Å². The molecule has 0 unspecified atom stereocenters. The lowest BCUT2D eigenvalue weighted by molar-refractivity contribution is -0.385. The molecule has 0 amide bonds. The fraction of sp³-hybridized carbons (Fsp3) is 0.0769. The smallest absolute Gasteiger partial charge is 0.339 e. The van der Waals surface area contributed by atoms with Gasteiger partial charge in [-0.15, -0.1) is 0 Å². The van der Waals surface area contributed by atoms with Crippen LogP contribution in [0.5, 0.6) is 5.75 Å². The molecule has 24 heavy (non-hydrogen) atoms. The van der Waals surface area contributed by atoms with Gasteiger partial charge in [0.2, 0.25) is 5.75 Å². The Balaban J connectivity index is 2.49. The van der Waals surface area contributed by atoms with Crippen LogP contribution in [-0.4, -0.2) is 26.3 Å². The van der Waals surface area contributed by atoms with Gasteiger partial charge in [0.25, 0.3) is 10.1 Å². The van der Waals surface area contributed by atoms with Gasteiger partial charge in [0.1, 0.15) is 9.79 Å². The van der Waals surface area contributed by atoms with E-state index in [0.717, 1.165) is 17.7 Å². The molecule has 128 valence electrons. The van der Waals surface area contributed by atoms with Crippen molar-refractivity contribution in [2.75, 3.05) is 0 Å². The molecule has 0 saturated heterocycles. The summed E-state index contributed by atoms with van der Waals surface area (Å²) in [4.78, 5) is 9.03. The lowest BCUT2D eigenvalue weighted by atomic mass is 10.2. The van der Waals surface area contributed by atoms with Crippen LogP contribution in [0.15, 0.2) is 52.3 Å². The number of hydrogen-bond donors (Lipinski definition) is 1. The SMILES string of the molecule is Cc1ccc(S(=O)(=O)Oc2ccc(S(=O)(=O)O)cc2[N+](=O)[O-])cc1. The van der Waals surface area contributed by atoms with Crippen LogP contribution in [0.2, 0.25) is 0 Å². The van der Waals surface area contributed by atoms with Crippen molar-refractivity contribution in [3.8, 4) is 5.75 Å². The molecule has 0 aliphatic carbocycles. The largest absolute Gasteiger partial charge is 0.372 e. The third-order valence-electron chi connectivity index (χ3n) is 2.93. The van der Waals surface area contributed by atoms with Crippen molar-refractivity contribution < 1.29 is 30.5 Å². The molecule has 1 N–H and O–H groups in total. The number of nitro benzene ring substituents is 1. The molecule has 2 aromatic rings. The molecule has 0 heterocycles. The zero-order valence-electron chi connectivity index (χ0n) is 12.1. The molecule has 0 atom stereocenters. The average molecular weight is 373 g/mol. The number of rotatable bonds is 5. The third-order valence-corrected chi connectivity index (χ3v) is 5.03. The third kappa shape index (κ3) is 3.88. The number of benzene rings is 2. The summed E-state index contributed by atoms with van der Waals surface area (Å²) in [5.41, 5.74) is -0.113. The molecule has 9 nitrogen and oxygen atoms in total. The Morgan fingerprint density at radius 3 is 2.04 bits per heavy atom. The minimum Gasteiger partial charge on any atom is -0.372 e. The maximum absolute atomic E-state index is 12.2. The van der Waals surface area contributed by atoms with Crippen molar-refractivity contribution in [2.24, 2.45) is 0 Å². The topological polar surface area (TPSA) is 141 Å². The molecule has 0 fully saturated rings. The Labute approximate surface area is 137 Å². The van der Waals surface area contributed by atoms with Crippen LogP contribution in [0, 0.1) is 17.0 Å². The standard InChI is InChI=1S/C13H11NO8S2/c1-9-2-4-10(5-3-9)24(20,21)22-13-7-6-11(23(17,18)19)8-12(13)14(15)16/h2-8H,1H3,(H,17,18,19). The summed E-state index contributed by atoms with van der Waals surface area (Å²) in [5, 5.41) is 11.0. The summed E-state index contributed by atoms with van der Waals surface area (Å²) >= 11 is 0. The minimum atomic E-state index is -4.69. The van der Waals surface area contributed by atoms with Crippen LogP contribution in [0.25, 0.3) is 0 Å². The highest BCUT2D eigenvalue weighted by atomic mass is 32.2.